The Morgan fingerprint density at radius 3 is 0.806 bits per heavy atom. The van der Waals surface area contributed by atoms with Crippen molar-refractivity contribution in [2.24, 2.45) is 23.7 Å². The Balaban J connectivity index is 2.06. The highest BCUT2D eigenvalue weighted by Crippen LogP contribution is 2.54. The van der Waals surface area contributed by atoms with E-state index in [9.17, 15) is 40.9 Å². The molecule has 1 aliphatic carbocycles. The zero-order valence-electron chi connectivity index (χ0n) is 38.5. The lowest BCUT2D eigenvalue weighted by molar-refractivity contribution is 0.117. The van der Waals surface area contributed by atoms with Crippen molar-refractivity contribution < 1.29 is 50.3 Å². The van der Waals surface area contributed by atoms with Crippen molar-refractivity contribution in [1.82, 2.24) is 0 Å². The van der Waals surface area contributed by atoms with Crippen LogP contribution in [0.25, 0.3) is 0 Å². The van der Waals surface area contributed by atoms with Gasteiger partial charge >= 0.3 is 0 Å². The van der Waals surface area contributed by atoms with Crippen LogP contribution in [0.3, 0.4) is 0 Å². The summed E-state index contributed by atoms with van der Waals surface area (Å²) in [7, 11) is 0. The number of benzene rings is 4. The van der Waals surface area contributed by atoms with Gasteiger partial charge in [0.25, 0.3) is 0 Å². The van der Waals surface area contributed by atoms with Crippen LogP contribution in [0.15, 0.2) is 36.4 Å². The molecule has 8 N–H and O–H groups in total. The van der Waals surface area contributed by atoms with Gasteiger partial charge in [-0.05, 0) is 86.5 Å². The number of ether oxygens (including phenoxy) is 2. The molecule has 5 rings (SSSR count). The summed E-state index contributed by atoms with van der Waals surface area (Å²) in [6.45, 7) is 20.9. The zero-order chi connectivity index (χ0) is 45.7. The molecule has 0 aliphatic heterocycles. The van der Waals surface area contributed by atoms with E-state index in [1.54, 1.807) is 24.3 Å². The van der Waals surface area contributed by atoms with E-state index in [1.165, 1.54) is 12.1 Å². The third-order valence-electron chi connectivity index (χ3n) is 12.2. The van der Waals surface area contributed by atoms with E-state index in [-0.39, 0.29) is 94.0 Å². The Kier molecular flexibility index (Phi) is 16.0. The summed E-state index contributed by atoms with van der Waals surface area (Å²) in [4.78, 5) is 0. The summed E-state index contributed by atoms with van der Waals surface area (Å²) in [5, 5.41) is 96.8. The Morgan fingerprint density at radius 2 is 0.597 bits per heavy atom. The van der Waals surface area contributed by atoms with Gasteiger partial charge in [-0.15, -0.1) is 0 Å². The number of rotatable bonds is 16. The molecule has 0 saturated heterocycles. The minimum absolute atomic E-state index is 0.0487. The van der Waals surface area contributed by atoms with E-state index in [2.05, 4.69) is 0 Å². The van der Waals surface area contributed by atoms with Gasteiger partial charge in [-0.3, -0.25) is 0 Å². The molecule has 0 radical (unpaired) electrons. The average Bonchev–Trinajstić information content (AvgIpc) is 3.18. The third kappa shape index (κ3) is 10.3. The second kappa shape index (κ2) is 20.6. The minimum Gasteiger partial charge on any atom is -0.508 e. The first-order chi connectivity index (χ1) is 29.3. The van der Waals surface area contributed by atoms with Crippen LogP contribution in [0.4, 0.5) is 0 Å². The first-order valence-electron chi connectivity index (χ1n) is 22.7. The molecule has 0 amide bonds. The van der Waals surface area contributed by atoms with Gasteiger partial charge in [0.15, 0.2) is 0 Å². The van der Waals surface area contributed by atoms with E-state index >= 15 is 0 Å². The fraction of sp³-hybridized carbons (Fsp3) is 0.538. The van der Waals surface area contributed by atoms with Gasteiger partial charge in [-0.2, -0.15) is 0 Å². The summed E-state index contributed by atoms with van der Waals surface area (Å²) in [5.41, 5.74) is 3.90. The highest BCUT2D eigenvalue weighted by Gasteiger charge is 2.36. The smallest absolute Gasteiger partial charge is 0.128 e. The molecule has 0 spiro atoms. The topological polar surface area (TPSA) is 180 Å². The van der Waals surface area contributed by atoms with Crippen molar-refractivity contribution in [3.05, 3.63) is 92.0 Å². The summed E-state index contributed by atoms with van der Waals surface area (Å²) < 4.78 is 12.0. The van der Waals surface area contributed by atoms with Crippen molar-refractivity contribution in [3.63, 3.8) is 0 Å². The van der Waals surface area contributed by atoms with Crippen molar-refractivity contribution in [2.75, 3.05) is 13.2 Å². The van der Waals surface area contributed by atoms with Gasteiger partial charge in [0.2, 0.25) is 0 Å². The monoisotopic (exact) mass is 857 g/mol. The van der Waals surface area contributed by atoms with Crippen LogP contribution in [0.1, 0.15) is 187 Å². The Labute approximate surface area is 368 Å². The molecule has 0 aromatic heterocycles. The van der Waals surface area contributed by atoms with Crippen molar-refractivity contribution >= 4 is 0 Å². The Morgan fingerprint density at radius 1 is 0.371 bits per heavy atom. The molecule has 0 fully saturated rings. The molecular weight excluding hydrogens is 785 g/mol. The average molecular weight is 857 g/mol. The maximum atomic E-state index is 12.3. The van der Waals surface area contributed by atoms with Crippen molar-refractivity contribution in [2.45, 2.75) is 145 Å². The van der Waals surface area contributed by atoms with Gasteiger partial charge in [0.1, 0.15) is 46.0 Å². The molecule has 10 heteroatoms. The lowest BCUT2D eigenvalue weighted by atomic mass is 9.74. The highest BCUT2D eigenvalue weighted by atomic mass is 16.5. The second-order valence-corrected chi connectivity index (χ2v) is 19.2. The van der Waals surface area contributed by atoms with Crippen LogP contribution in [0.2, 0.25) is 0 Å². The molecule has 10 nitrogen and oxygen atoms in total. The number of aromatic hydroxyl groups is 8. The molecule has 0 heterocycles. The standard InChI is InChI=1S/C52H72O10/c1-11-13-61-25-43-49(57)39-21-40(50(43)58)32(16-28(5)6)36-20-38(48(56)24-46(36)54)34(18-30(9)10)42-22-41(51(59)44(52(42)60)26-62-14-12-2)33(17-29(7)8)37-19-35(31(39)15-27(3)4)45(53)23-47(37)55/h19-24,27-34,53-60H,11-18,25-26H2,1-10H3/t31-,32+,33+,34-. The van der Waals surface area contributed by atoms with Gasteiger partial charge in [0.05, 0.1) is 24.3 Å². The third-order valence-corrected chi connectivity index (χ3v) is 12.2. The quantitative estimate of drug-likeness (QED) is 0.0505. The molecule has 4 aromatic carbocycles. The van der Waals surface area contributed by atoms with E-state index in [0.29, 0.717) is 96.2 Å². The summed E-state index contributed by atoms with van der Waals surface area (Å²) in [6, 6.07) is 9.74. The maximum Gasteiger partial charge on any atom is 0.128 e. The number of hydrogen-bond donors (Lipinski definition) is 8. The first kappa shape index (κ1) is 48.2. The molecular formula is C52H72O10. The summed E-state index contributed by atoms with van der Waals surface area (Å²) in [6.07, 6.45) is 3.23. The lowest BCUT2D eigenvalue weighted by Crippen LogP contribution is -2.15. The van der Waals surface area contributed by atoms with E-state index < -0.39 is 23.7 Å². The molecule has 4 atom stereocenters. The molecule has 0 unspecified atom stereocenters. The normalized spacial score (nSPS) is 17.8. The van der Waals surface area contributed by atoms with Gasteiger partial charge in [-0.25, -0.2) is 0 Å². The SMILES string of the molecule is CCCOCc1c(O)c2cc(c1O)[C@@H](CC(C)C)c1cc(c(O)cc1O)[C@@H](CC(C)C)c1cc(c(O)c(COCCC)c1O)[C@@H](CC(C)C)c1cc(c(O)cc1O)[C@H]2CC(C)C. The van der Waals surface area contributed by atoms with E-state index in [0.717, 1.165) is 0 Å². The van der Waals surface area contributed by atoms with E-state index in [4.69, 9.17) is 9.47 Å². The van der Waals surface area contributed by atoms with Crippen LogP contribution >= 0.6 is 0 Å². The maximum absolute atomic E-state index is 12.3. The molecule has 8 bridgehead atoms. The Bertz CT molecular complexity index is 1890. The molecule has 62 heavy (non-hydrogen) atoms. The number of hydrogen-bond acceptors (Lipinski definition) is 10. The summed E-state index contributed by atoms with van der Waals surface area (Å²) >= 11 is 0. The Hall–Kier alpha value is -4.80. The summed E-state index contributed by atoms with van der Waals surface area (Å²) in [5.74, 6) is -3.85. The van der Waals surface area contributed by atoms with Crippen LogP contribution < -0.4 is 0 Å². The van der Waals surface area contributed by atoms with Crippen LogP contribution in [-0.2, 0) is 22.7 Å². The highest BCUT2D eigenvalue weighted by molar-refractivity contribution is 5.65. The van der Waals surface area contributed by atoms with Crippen LogP contribution in [-0.4, -0.2) is 54.1 Å². The predicted octanol–water partition coefficient (Wildman–Crippen LogP) is 12.2. The van der Waals surface area contributed by atoms with Crippen molar-refractivity contribution in [3.8, 4) is 46.0 Å². The van der Waals surface area contributed by atoms with Crippen LogP contribution in [0.5, 0.6) is 46.0 Å². The van der Waals surface area contributed by atoms with Gasteiger partial charge in [0, 0.05) is 93.5 Å². The molecule has 340 valence electrons. The number of fused-ring (bicyclic) bond motifs is 8. The fourth-order valence-electron chi connectivity index (χ4n) is 9.41. The molecule has 1 aliphatic rings. The largest absolute Gasteiger partial charge is 0.508 e. The zero-order valence-corrected chi connectivity index (χ0v) is 38.5. The minimum atomic E-state index is -0.660. The predicted molar refractivity (Wildman–Crippen MR) is 244 cm³/mol. The number of phenolic OH excluding ortho intramolecular Hbond substituents is 8. The number of phenols is 8. The molecule has 4 aromatic rings. The van der Waals surface area contributed by atoms with Crippen molar-refractivity contribution in [1.29, 1.82) is 0 Å². The second-order valence-electron chi connectivity index (χ2n) is 19.2. The first-order valence-corrected chi connectivity index (χ1v) is 22.7. The fourth-order valence-corrected chi connectivity index (χ4v) is 9.41. The van der Waals surface area contributed by atoms with E-state index in [1.807, 2.05) is 69.2 Å². The van der Waals surface area contributed by atoms with Gasteiger partial charge < -0.3 is 50.3 Å². The van der Waals surface area contributed by atoms with Crippen LogP contribution in [0, 0.1) is 23.7 Å². The molecule has 0 saturated carbocycles. The lowest BCUT2D eigenvalue weighted by Gasteiger charge is -2.31. The van der Waals surface area contributed by atoms with Gasteiger partial charge in [-0.1, -0.05) is 69.2 Å².